The molecule has 38 heavy (non-hydrogen) atoms. The summed E-state index contributed by atoms with van der Waals surface area (Å²) in [6.45, 7) is 7.74. The van der Waals surface area contributed by atoms with Crippen molar-refractivity contribution < 1.29 is 29.0 Å². The third-order valence-electron chi connectivity index (χ3n) is 9.31. The molecule has 2 bridgehead atoms. The number of fused-ring (bicyclic) bond motifs is 1. The standard InChI is InChI=1S/C30H40N2O6/c1-4-18-31(21-14-10-7-11-15-21)27(35)25-30-17-16-29(3,38-30)24(28(36)37-5-2)23(30)26(34)32(25)22(19-33)20-12-8-6-9-13-20/h4,6,8-9,12-13,21-25,33H,1,5,7,10-11,14-19H2,2-3H3/t22-,23+,24-,25?,29+,30?/m1/s1. The van der Waals surface area contributed by atoms with Crippen LogP contribution in [0, 0.1) is 11.8 Å². The molecule has 0 radical (unpaired) electrons. The highest BCUT2D eigenvalue weighted by molar-refractivity contribution is 5.99. The molecule has 6 atom stereocenters. The zero-order valence-electron chi connectivity index (χ0n) is 22.5. The lowest BCUT2D eigenvalue weighted by Crippen LogP contribution is -2.59. The molecule has 206 valence electrons. The number of rotatable bonds is 9. The van der Waals surface area contributed by atoms with Crippen LogP contribution in [-0.2, 0) is 23.9 Å². The molecule has 2 amide bonds. The van der Waals surface area contributed by atoms with Gasteiger partial charge >= 0.3 is 5.97 Å². The molecule has 2 unspecified atom stereocenters. The van der Waals surface area contributed by atoms with E-state index in [1.54, 1.807) is 17.9 Å². The van der Waals surface area contributed by atoms with E-state index >= 15 is 0 Å². The Labute approximate surface area is 225 Å². The van der Waals surface area contributed by atoms with Gasteiger partial charge < -0.3 is 24.4 Å². The molecule has 5 rings (SSSR count). The Morgan fingerprint density at radius 1 is 1.24 bits per heavy atom. The fourth-order valence-corrected chi connectivity index (χ4v) is 7.71. The third kappa shape index (κ3) is 4.08. The molecule has 4 fully saturated rings. The monoisotopic (exact) mass is 524 g/mol. The molecule has 3 heterocycles. The second-order valence-electron chi connectivity index (χ2n) is 11.4. The molecule has 1 N–H and O–H groups in total. The number of esters is 1. The predicted octanol–water partition coefficient (Wildman–Crippen LogP) is 3.40. The van der Waals surface area contributed by atoms with E-state index in [0.717, 1.165) is 37.7 Å². The summed E-state index contributed by atoms with van der Waals surface area (Å²) in [5, 5.41) is 10.6. The summed E-state index contributed by atoms with van der Waals surface area (Å²) in [5.74, 6) is -2.62. The molecule has 1 aromatic rings. The minimum Gasteiger partial charge on any atom is -0.466 e. The van der Waals surface area contributed by atoms with E-state index in [2.05, 4.69) is 6.58 Å². The molecular formula is C30H40N2O6. The van der Waals surface area contributed by atoms with E-state index in [4.69, 9.17) is 9.47 Å². The van der Waals surface area contributed by atoms with Crippen LogP contribution in [0.1, 0.15) is 70.4 Å². The van der Waals surface area contributed by atoms with E-state index in [1.807, 2.05) is 42.2 Å². The summed E-state index contributed by atoms with van der Waals surface area (Å²) in [7, 11) is 0. The Balaban J connectivity index is 1.63. The summed E-state index contributed by atoms with van der Waals surface area (Å²) in [6, 6.07) is 7.64. The summed E-state index contributed by atoms with van der Waals surface area (Å²) in [4.78, 5) is 45.8. The summed E-state index contributed by atoms with van der Waals surface area (Å²) in [5.41, 5.74) is -1.30. The van der Waals surface area contributed by atoms with Crippen LogP contribution >= 0.6 is 0 Å². The summed E-state index contributed by atoms with van der Waals surface area (Å²) >= 11 is 0. The van der Waals surface area contributed by atoms with Crippen molar-refractivity contribution in [3.8, 4) is 0 Å². The highest BCUT2D eigenvalue weighted by Crippen LogP contribution is 2.64. The van der Waals surface area contributed by atoms with Gasteiger partial charge in [-0.25, -0.2) is 0 Å². The van der Waals surface area contributed by atoms with Crippen molar-refractivity contribution in [3.05, 3.63) is 48.6 Å². The van der Waals surface area contributed by atoms with Crippen LogP contribution < -0.4 is 0 Å². The largest absolute Gasteiger partial charge is 0.466 e. The lowest BCUT2D eigenvalue weighted by molar-refractivity contribution is -0.162. The lowest BCUT2D eigenvalue weighted by Gasteiger charge is -2.42. The first-order valence-corrected chi connectivity index (χ1v) is 14.1. The van der Waals surface area contributed by atoms with Crippen LogP contribution in [0.4, 0.5) is 0 Å². The Morgan fingerprint density at radius 2 is 1.95 bits per heavy atom. The van der Waals surface area contributed by atoms with E-state index in [-0.39, 0.29) is 31.1 Å². The predicted molar refractivity (Wildman–Crippen MR) is 141 cm³/mol. The van der Waals surface area contributed by atoms with Crippen LogP contribution in [0.3, 0.4) is 0 Å². The average molecular weight is 525 g/mol. The maximum atomic E-state index is 14.7. The van der Waals surface area contributed by atoms with Gasteiger partial charge in [0, 0.05) is 12.6 Å². The normalized spacial score (nSPS) is 33.2. The molecule has 4 aliphatic rings. The van der Waals surface area contributed by atoms with Gasteiger partial charge in [-0.15, -0.1) is 6.58 Å². The topological polar surface area (TPSA) is 96.4 Å². The van der Waals surface area contributed by atoms with Crippen LogP contribution in [0.2, 0.25) is 0 Å². The van der Waals surface area contributed by atoms with Gasteiger partial charge in [-0.1, -0.05) is 55.7 Å². The quantitative estimate of drug-likeness (QED) is 0.393. The van der Waals surface area contributed by atoms with Crippen molar-refractivity contribution in [2.24, 2.45) is 11.8 Å². The van der Waals surface area contributed by atoms with E-state index < -0.39 is 41.1 Å². The molecule has 3 aliphatic heterocycles. The summed E-state index contributed by atoms with van der Waals surface area (Å²) in [6.07, 6.45) is 7.84. The number of amides is 2. The van der Waals surface area contributed by atoms with Gasteiger partial charge in [0.25, 0.3) is 0 Å². The number of carbonyl (C=O) groups is 3. The van der Waals surface area contributed by atoms with Crippen molar-refractivity contribution in [2.45, 2.75) is 88.1 Å². The van der Waals surface area contributed by atoms with Crippen LogP contribution in [-0.4, -0.2) is 75.7 Å². The third-order valence-corrected chi connectivity index (χ3v) is 9.31. The molecular weight excluding hydrogens is 484 g/mol. The molecule has 8 heteroatoms. The fraction of sp³-hybridized carbons (Fsp3) is 0.633. The first kappa shape index (κ1) is 26.9. The molecule has 0 aromatic heterocycles. The van der Waals surface area contributed by atoms with Gasteiger partial charge in [0.2, 0.25) is 11.8 Å². The van der Waals surface area contributed by atoms with Gasteiger partial charge in [0.15, 0.2) is 0 Å². The highest BCUT2D eigenvalue weighted by atomic mass is 16.6. The van der Waals surface area contributed by atoms with Gasteiger partial charge in [-0.3, -0.25) is 14.4 Å². The number of hydrogen-bond donors (Lipinski definition) is 1. The van der Waals surface area contributed by atoms with Crippen molar-refractivity contribution >= 4 is 17.8 Å². The highest BCUT2D eigenvalue weighted by Gasteiger charge is 2.79. The van der Waals surface area contributed by atoms with Crippen LogP contribution in [0.15, 0.2) is 43.0 Å². The number of ether oxygens (including phenoxy) is 2. The average Bonchev–Trinajstić information content (AvgIpc) is 3.50. The number of likely N-dealkylation sites (tertiary alicyclic amines) is 1. The number of aliphatic hydroxyl groups is 1. The molecule has 1 aromatic carbocycles. The number of nitrogens with zero attached hydrogens (tertiary/aromatic N) is 2. The minimum atomic E-state index is -1.16. The number of hydrogen-bond acceptors (Lipinski definition) is 6. The Kier molecular flexibility index (Phi) is 7.40. The van der Waals surface area contributed by atoms with Gasteiger partial charge in [0.1, 0.15) is 17.6 Å². The van der Waals surface area contributed by atoms with Crippen molar-refractivity contribution in [3.63, 3.8) is 0 Å². The van der Waals surface area contributed by atoms with Crippen molar-refractivity contribution in [1.29, 1.82) is 0 Å². The smallest absolute Gasteiger partial charge is 0.312 e. The molecule has 8 nitrogen and oxygen atoms in total. The van der Waals surface area contributed by atoms with Crippen LogP contribution in [0.25, 0.3) is 0 Å². The SMILES string of the molecule is C=CCN(C(=O)C1N([C@H](CO)c2ccccc2)C(=O)[C@@H]2[C@H](C(=O)OCC)[C@]3(C)CCC12O3)C1CCCCC1. The molecule has 1 spiro atoms. The minimum absolute atomic E-state index is 0.0565. The molecule has 1 aliphatic carbocycles. The Morgan fingerprint density at radius 3 is 2.58 bits per heavy atom. The Bertz CT molecular complexity index is 1070. The number of benzene rings is 1. The van der Waals surface area contributed by atoms with Gasteiger partial charge in [-0.05, 0) is 45.1 Å². The fourth-order valence-electron chi connectivity index (χ4n) is 7.71. The van der Waals surface area contributed by atoms with Gasteiger partial charge in [-0.2, -0.15) is 0 Å². The summed E-state index contributed by atoms with van der Waals surface area (Å²) < 4.78 is 12.1. The van der Waals surface area contributed by atoms with E-state index in [1.165, 1.54) is 0 Å². The first-order valence-electron chi connectivity index (χ1n) is 14.1. The van der Waals surface area contributed by atoms with Crippen molar-refractivity contribution in [2.75, 3.05) is 19.8 Å². The molecule has 1 saturated carbocycles. The zero-order chi connectivity index (χ0) is 27.1. The van der Waals surface area contributed by atoms with Crippen LogP contribution in [0.5, 0.6) is 0 Å². The van der Waals surface area contributed by atoms with E-state index in [0.29, 0.717) is 19.4 Å². The van der Waals surface area contributed by atoms with E-state index in [9.17, 15) is 19.5 Å². The maximum absolute atomic E-state index is 14.7. The second-order valence-corrected chi connectivity index (χ2v) is 11.4. The first-order chi connectivity index (χ1) is 18.3. The van der Waals surface area contributed by atoms with Gasteiger partial charge in [0.05, 0.1) is 30.8 Å². The lowest BCUT2D eigenvalue weighted by atomic mass is 9.66. The zero-order valence-corrected chi connectivity index (χ0v) is 22.5. The maximum Gasteiger partial charge on any atom is 0.312 e. The number of carbonyl (C=O) groups excluding carboxylic acids is 3. The molecule has 3 saturated heterocycles. The second kappa shape index (κ2) is 10.5. The Hall–Kier alpha value is -2.71. The van der Waals surface area contributed by atoms with Crippen molar-refractivity contribution in [1.82, 2.24) is 9.80 Å². The number of aliphatic hydroxyl groups excluding tert-OH is 1.